The van der Waals surface area contributed by atoms with Crippen molar-refractivity contribution in [1.29, 1.82) is 0 Å². The van der Waals surface area contributed by atoms with Gasteiger partial charge < -0.3 is 39.5 Å². The first kappa shape index (κ1) is 52.6. The number of carboxylic acid groups (broad SMARTS) is 2. The number of anilines is 3. The first-order valence-electron chi connectivity index (χ1n) is 22.2. The van der Waals surface area contributed by atoms with Crippen molar-refractivity contribution in [3.8, 4) is 0 Å². The van der Waals surface area contributed by atoms with Gasteiger partial charge in [0.05, 0.1) is 55.6 Å². The third-order valence-corrected chi connectivity index (χ3v) is 14.1. The van der Waals surface area contributed by atoms with Crippen LogP contribution in [0, 0.1) is 0 Å². The fraction of sp³-hybridized carbons (Fsp3) is 0.269. The highest BCUT2D eigenvalue weighted by Gasteiger charge is 2.28. The van der Waals surface area contributed by atoms with Gasteiger partial charge in [0.1, 0.15) is 11.5 Å². The SMILES string of the molecule is CN(CCO)c1ccc2cc(C=O)sc2c1.CN(CCOCCC(=O)O)c1ccc2cc(C=O)sc2c1.CN1C(=O)/C(=C\c2cc3ccc(N(C)CCOCCC(=O)O)cc3s2)N=C1c1ccccc1. The summed E-state index contributed by atoms with van der Waals surface area (Å²) in [6, 6.07) is 33.8. The molecule has 0 saturated heterocycles. The fourth-order valence-electron chi connectivity index (χ4n) is 7.06. The second-order valence-corrected chi connectivity index (χ2v) is 19.4. The van der Waals surface area contributed by atoms with Gasteiger partial charge in [0, 0.05) is 89.4 Å². The average Bonchev–Trinajstić information content (AvgIpc) is 4.15. The molecule has 7 aromatic rings. The standard InChI is InChI=1S/C25H25N3O4S.C15H17NO4S.C12H13NO2S/c1-27(11-13-32-12-10-23(29)30)19-9-8-18-14-20(33-22(18)15-19)16-21-25(31)28(2)24(26-21)17-6-4-3-5-7-17;1-16(5-7-20-6-4-15(18)19)12-3-2-11-8-13(10-17)21-14(11)9-12;1-13(4-5-14)10-3-2-9-6-11(8-15)16-12(9)7-10/h3-9,14-16H,10-13H2,1-2H3,(H,29,30);2-3,8-10H,4-7H2,1H3,(H,18,19);2-3,6-8,14H,4-5H2,1H3/b21-16+;;. The number of hydrogen-bond acceptors (Lipinski definition) is 15. The van der Waals surface area contributed by atoms with Gasteiger partial charge in [0.2, 0.25) is 0 Å². The maximum Gasteiger partial charge on any atom is 0.305 e. The number of nitrogens with zero attached hydrogens (tertiary/aromatic N) is 5. The Balaban J connectivity index is 0.000000186. The molecule has 4 heterocycles. The van der Waals surface area contributed by atoms with E-state index >= 15 is 0 Å². The molecule has 18 heteroatoms. The van der Waals surface area contributed by atoms with E-state index in [1.807, 2.05) is 122 Å². The Labute approximate surface area is 417 Å². The average molecular weight is 1010 g/mol. The van der Waals surface area contributed by atoms with E-state index in [4.69, 9.17) is 24.8 Å². The molecule has 0 saturated carbocycles. The molecule has 0 spiro atoms. The van der Waals surface area contributed by atoms with Crippen molar-refractivity contribution in [2.24, 2.45) is 4.99 Å². The van der Waals surface area contributed by atoms with E-state index in [0.29, 0.717) is 44.4 Å². The molecule has 0 radical (unpaired) electrons. The molecule has 8 rings (SSSR count). The summed E-state index contributed by atoms with van der Waals surface area (Å²) in [4.78, 5) is 69.8. The van der Waals surface area contributed by atoms with Crippen LogP contribution in [0.3, 0.4) is 0 Å². The lowest BCUT2D eigenvalue weighted by Gasteiger charge is -2.19. The van der Waals surface area contributed by atoms with E-state index in [9.17, 15) is 24.0 Å². The summed E-state index contributed by atoms with van der Waals surface area (Å²) in [6.45, 7) is 3.47. The number of aliphatic imine (C=N–C) groups is 1. The van der Waals surface area contributed by atoms with Crippen LogP contribution in [-0.2, 0) is 23.9 Å². The summed E-state index contributed by atoms with van der Waals surface area (Å²) in [5, 5.41) is 29.3. The number of carbonyl (C=O) groups is 5. The number of likely N-dealkylation sites (N-methyl/N-ethyl adjacent to an activating group) is 4. The van der Waals surface area contributed by atoms with Gasteiger partial charge in [-0.05, 0) is 76.8 Å². The molecule has 0 aliphatic carbocycles. The van der Waals surface area contributed by atoms with Crippen molar-refractivity contribution in [3.05, 3.63) is 129 Å². The number of aliphatic carboxylic acids is 2. The minimum absolute atomic E-state index is 0.0122. The number of carboxylic acids is 2. The molecule has 70 heavy (non-hydrogen) atoms. The van der Waals surface area contributed by atoms with Crippen LogP contribution < -0.4 is 14.7 Å². The van der Waals surface area contributed by atoms with Gasteiger partial charge >= 0.3 is 11.9 Å². The van der Waals surface area contributed by atoms with Gasteiger partial charge in [0.15, 0.2) is 12.6 Å². The molecule has 0 bridgehead atoms. The van der Waals surface area contributed by atoms with Gasteiger partial charge in [-0.15, -0.1) is 34.0 Å². The number of amidine groups is 1. The molecule has 0 atom stereocenters. The second kappa shape index (κ2) is 25.7. The molecule has 366 valence electrons. The highest BCUT2D eigenvalue weighted by molar-refractivity contribution is 7.21. The molecular weight excluding hydrogens is 951 g/mol. The zero-order chi connectivity index (χ0) is 50.2. The maximum atomic E-state index is 12.7. The summed E-state index contributed by atoms with van der Waals surface area (Å²) >= 11 is 4.57. The van der Waals surface area contributed by atoms with E-state index in [1.54, 1.807) is 23.3 Å². The molecule has 4 aromatic carbocycles. The van der Waals surface area contributed by atoms with Crippen LogP contribution >= 0.6 is 34.0 Å². The zero-order valence-corrected chi connectivity index (χ0v) is 41.7. The predicted octanol–water partition coefficient (Wildman–Crippen LogP) is 8.87. The van der Waals surface area contributed by atoms with Crippen molar-refractivity contribution in [3.63, 3.8) is 0 Å². The number of hydrogen-bond donors (Lipinski definition) is 3. The number of carbonyl (C=O) groups excluding carboxylic acids is 3. The number of aliphatic hydroxyl groups is 1. The van der Waals surface area contributed by atoms with Crippen molar-refractivity contribution < 1.29 is 48.8 Å². The van der Waals surface area contributed by atoms with Gasteiger partial charge in [0.25, 0.3) is 5.91 Å². The molecule has 1 aliphatic heterocycles. The molecular formula is C52H55N5O10S3. The smallest absolute Gasteiger partial charge is 0.305 e. The van der Waals surface area contributed by atoms with Crippen LogP contribution in [0.25, 0.3) is 36.3 Å². The number of aldehydes is 2. The van der Waals surface area contributed by atoms with E-state index in [0.717, 1.165) is 80.1 Å². The number of rotatable bonds is 21. The number of benzene rings is 4. The number of fused-ring (bicyclic) bond motifs is 3. The van der Waals surface area contributed by atoms with E-state index in [-0.39, 0.29) is 38.6 Å². The molecule has 0 unspecified atom stereocenters. The summed E-state index contributed by atoms with van der Waals surface area (Å²) in [5.74, 6) is -1.17. The second-order valence-electron chi connectivity index (χ2n) is 16.0. The maximum absolute atomic E-state index is 12.7. The lowest BCUT2D eigenvalue weighted by molar-refractivity contribution is -0.139. The van der Waals surface area contributed by atoms with Crippen LogP contribution in [0.2, 0.25) is 0 Å². The Hall–Kier alpha value is -6.80. The molecule has 3 N–H and O–H groups in total. The molecule has 3 aromatic heterocycles. The van der Waals surface area contributed by atoms with E-state index in [2.05, 4.69) is 28.1 Å². The molecule has 1 aliphatic rings. The van der Waals surface area contributed by atoms with Crippen LogP contribution in [0.5, 0.6) is 0 Å². The summed E-state index contributed by atoms with van der Waals surface area (Å²) < 4.78 is 14.0. The third kappa shape index (κ3) is 14.6. The van der Waals surface area contributed by atoms with Crippen molar-refractivity contribution >= 4 is 124 Å². The number of aliphatic hydroxyl groups excluding tert-OH is 1. The number of ether oxygens (including phenoxy) is 2. The molecule has 1 amide bonds. The minimum Gasteiger partial charge on any atom is -0.481 e. The fourth-order valence-corrected chi connectivity index (χ4v) is 9.92. The Kier molecular flexibility index (Phi) is 19.3. The van der Waals surface area contributed by atoms with E-state index in [1.165, 1.54) is 22.7 Å². The summed E-state index contributed by atoms with van der Waals surface area (Å²) in [6.07, 6.45) is 3.63. The van der Waals surface area contributed by atoms with E-state index < -0.39 is 11.9 Å². The Bertz CT molecular complexity index is 2980. The lowest BCUT2D eigenvalue weighted by Crippen LogP contribution is -2.28. The van der Waals surface area contributed by atoms with Crippen molar-refractivity contribution in [1.82, 2.24) is 4.90 Å². The topological polar surface area (TPSA) is 190 Å². The van der Waals surface area contributed by atoms with Gasteiger partial charge in [-0.2, -0.15) is 0 Å². The van der Waals surface area contributed by atoms with Gasteiger partial charge in [-0.1, -0.05) is 48.5 Å². The normalized spacial score (nSPS) is 12.6. The quantitative estimate of drug-likeness (QED) is 0.0352. The van der Waals surface area contributed by atoms with Gasteiger partial charge in [-0.25, -0.2) is 4.99 Å². The zero-order valence-electron chi connectivity index (χ0n) is 39.3. The lowest BCUT2D eigenvalue weighted by atomic mass is 10.2. The van der Waals surface area contributed by atoms with Crippen LogP contribution in [0.1, 0.15) is 42.6 Å². The molecule has 15 nitrogen and oxygen atoms in total. The molecule has 0 fully saturated rings. The van der Waals surface area contributed by atoms with Crippen LogP contribution in [0.15, 0.2) is 114 Å². The van der Waals surface area contributed by atoms with Crippen molar-refractivity contribution in [2.75, 3.05) is 95.6 Å². The summed E-state index contributed by atoms with van der Waals surface area (Å²) in [7, 11) is 7.61. The first-order valence-corrected chi connectivity index (χ1v) is 24.7. The Morgan fingerprint density at radius 1 is 0.614 bits per heavy atom. The number of thiophene rings is 3. The monoisotopic (exact) mass is 1010 g/mol. The highest BCUT2D eigenvalue weighted by atomic mass is 32.1. The highest BCUT2D eigenvalue weighted by Crippen LogP contribution is 2.33. The van der Waals surface area contributed by atoms with Crippen molar-refractivity contribution in [2.45, 2.75) is 12.8 Å². The van der Waals surface area contributed by atoms with Crippen LogP contribution in [-0.4, -0.2) is 137 Å². The Morgan fingerprint density at radius 3 is 1.47 bits per heavy atom. The largest absolute Gasteiger partial charge is 0.481 e. The first-order chi connectivity index (χ1) is 33.8. The third-order valence-electron chi connectivity index (χ3n) is 11.0. The number of amides is 1. The van der Waals surface area contributed by atoms with Crippen LogP contribution in [0.4, 0.5) is 17.1 Å². The van der Waals surface area contributed by atoms with Gasteiger partial charge in [-0.3, -0.25) is 28.9 Å². The predicted molar refractivity (Wildman–Crippen MR) is 283 cm³/mol. The minimum atomic E-state index is -0.856. The Morgan fingerprint density at radius 2 is 1.04 bits per heavy atom. The summed E-state index contributed by atoms with van der Waals surface area (Å²) in [5.41, 5.74) is 4.49.